The van der Waals surface area contributed by atoms with Gasteiger partial charge in [0.2, 0.25) is 5.91 Å². The molecule has 1 heterocycles. The quantitative estimate of drug-likeness (QED) is 0.858. The Balaban J connectivity index is 1.83. The number of amides is 1. The van der Waals surface area contributed by atoms with Gasteiger partial charge in [-0.15, -0.1) is 0 Å². The average molecular weight is 324 g/mol. The van der Waals surface area contributed by atoms with Crippen molar-refractivity contribution >= 4 is 17.7 Å². The number of nitrogens with two attached hydrogens (primary N) is 1. The number of rotatable bonds is 5. The van der Waals surface area contributed by atoms with Crippen molar-refractivity contribution in [3.05, 3.63) is 60.2 Å². The van der Waals surface area contributed by atoms with E-state index >= 15 is 0 Å². The van der Waals surface area contributed by atoms with Crippen molar-refractivity contribution in [2.24, 2.45) is 5.73 Å². The van der Waals surface area contributed by atoms with Crippen LogP contribution in [0.2, 0.25) is 0 Å². The van der Waals surface area contributed by atoms with Crippen molar-refractivity contribution in [1.82, 2.24) is 0 Å². The number of carbonyl (C=O) groups is 1. The highest BCUT2D eigenvalue weighted by atomic mass is 16.5. The summed E-state index contributed by atoms with van der Waals surface area (Å²) in [7, 11) is 3.24. The lowest BCUT2D eigenvalue weighted by Gasteiger charge is -2.43. The van der Waals surface area contributed by atoms with Crippen LogP contribution in [0, 0.1) is 0 Å². The first-order valence-corrected chi connectivity index (χ1v) is 7.69. The van der Waals surface area contributed by atoms with Gasteiger partial charge in [-0.1, -0.05) is 30.4 Å². The van der Waals surface area contributed by atoms with Gasteiger partial charge in [-0.25, -0.2) is 0 Å². The fourth-order valence-corrected chi connectivity index (χ4v) is 2.79. The van der Waals surface area contributed by atoms with Gasteiger partial charge in [-0.3, -0.25) is 4.79 Å². The van der Waals surface area contributed by atoms with E-state index in [-0.39, 0.29) is 11.9 Å². The zero-order chi connectivity index (χ0) is 17.1. The molecule has 2 N–H and O–H groups in total. The molecular weight excluding hydrogens is 304 g/mol. The highest BCUT2D eigenvalue weighted by Gasteiger charge is 2.44. The summed E-state index contributed by atoms with van der Waals surface area (Å²) in [5, 5.41) is 0. The Labute approximate surface area is 141 Å². The van der Waals surface area contributed by atoms with Crippen LogP contribution in [0.3, 0.4) is 0 Å². The molecule has 24 heavy (non-hydrogen) atoms. The Bertz CT molecular complexity index is 755. The Morgan fingerprint density at radius 3 is 2.42 bits per heavy atom. The van der Waals surface area contributed by atoms with E-state index in [1.54, 1.807) is 19.1 Å². The van der Waals surface area contributed by atoms with Gasteiger partial charge in [0.25, 0.3) is 0 Å². The lowest BCUT2D eigenvalue weighted by atomic mass is 9.93. The topological polar surface area (TPSA) is 64.8 Å². The molecule has 0 bridgehead atoms. The predicted octanol–water partition coefficient (Wildman–Crippen LogP) is 2.46. The maximum atomic E-state index is 12.2. The van der Waals surface area contributed by atoms with Crippen LogP contribution in [0.1, 0.15) is 5.56 Å². The number of hydrogen-bond donors (Lipinski definition) is 1. The number of ether oxygens (including phenoxy) is 2. The zero-order valence-electron chi connectivity index (χ0n) is 13.7. The van der Waals surface area contributed by atoms with E-state index in [0.717, 1.165) is 22.7 Å². The van der Waals surface area contributed by atoms with Gasteiger partial charge in [0.1, 0.15) is 17.5 Å². The molecule has 0 unspecified atom stereocenters. The van der Waals surface area contributed by atoms with Gasteiger partial charge in [-0.2, -0.15) is 0 Å². The number of benzene rings is 2. The van der Waals surface area contributed by atoms with E-state index in [1.165, 1.54) is 0 Å². The molecule has 124 valence electrons. The molecule has 2 aromatic carbocycles. The molecule has 0 saturated carbocycles. The molecule has 1 aliphatic rings. The van der Waals surface area contributed by atoms with E-state index in [1.807, 2.05) is 60.7 Å². The highest BCUT2D eigenvalue weighted by molar-refractivity contribution is 6.06. The first-order chi connectivity index (χ1) is 11.7. The number of β-lactam (4-membered cyclic amide) rings is 1. The standard InChI is InChI=1S/C19H20N2O3/c1-23-15-10-8-14(9-11-15)21-16(18(20)19(21)22)12-7-13-5-3-4-6-17(13)24-2/h3-12,16,18H,20H2,1-2H3/b12-7+/t16-,18+/m0/s1. The van der Waals surface area contributed by atoms with Crippen molar-refractivity contribution in [3.63, 3.8) is 0 Å². The molecule has 3 rings (SSSR count). The number of methoxy groups -OCH3 is 2. The van der Waals surface area contributed by atoms with Crippen molar-refractivity contribution < 1.29 is 14.3 Å². The summed E-state index contributed by atoms with van der Waals surface area (Å²) in [6.45, 7) is 0. The molecule has 0 spiro atoms. The van der Waals surface area contributed by atoms with Gasteiger partial charge in [-0.05, 0) is 30.3 Å². The van der Waals surface area contributed by atoms with Crippen LogP contribution in [-0.2, 0) is 4.79 Å². The number of para-hydroxylation sites is 1. The molecular formula is C19H20N2O3. The van der Waals surface area contributed by atoms with Gasteiger partial charge < -0.3 is 20.1 Å². The van der Waals surface area contributed by atoms with Crippen LogP contribution >= 0.6 is 0 Å². The van der Waals surface area contributed by atoms with Crippen LogP contribution in [0.25, 0.3) is 6.08 Å². The molecule has 2 atom stereocenters. The van der Waals surface area contributed by atoms with E-state index in [4.69, 9.17) is 15.2 Å². The van der Waals surface area contributed by atoms with Crippen molar-refractivity contribution in [3.8, 4) is 11.5 Å². The zero-order valence-corrected chi connectivity index (χ0v) is 13.7. The molecule has 1 fully saturated rings. The normalized spacial score (nSPS) is 20.1. The van der Waals surface area contributed by atoms with E-state index < -0.39 is 6.04 Å². The first kappa shape index (κ1) is 16.1. The van der Waals surface area contributed by atoms with E-state index in [0.29, 0.717) is 0 Å². The highest BCUT2D eigenvalue weighted by Crippen LogP contribution is 2.30. The fraction of sp³-hybridized carbons (Fsp3) is 0.211. The van der Waals surface area contributed by atoms with Gasteiger partial charge in [0.05, 0.1) is 20.3 Å². The fourth-order valence-electron chi connectivity index (χ4n) is 2.79. The molecule has 0 aliphatic carbocycles. The van der Waals surface area contributed by atoms with Crippen LogP contribution in [0.4, 0.5) is 5.69 Å². The number of anilines is 1. The molecule has 1 saturated heterocycles. The predicted molar refractivity (Wildman–Crippen MR) is 94.3 cm³/mol. The summed E-state index contributed by atoms with van der Waals surface area (Å²) in [6.07, 6.45) is 3.88. The molecule has 5 nitrogen and oxygen atoms in total. The molecule has 0 radical (unpaired) electrons. The summed E-state index contributed by atoms with van der Waals surface area (Å²) >= 11 is 0. The Kier molecular flexibility index (Phi) is 4.53. The van der Waals surface area contributed by atoms with Crippen molar-refractivity contribution in [2.75, 3.05) is 19.1 Å². The second-order valence-corrected chi connectivity index (χ2v) is 5.52. The Morgan fingerprint density at radius 2 is 1.75 bits per heavy atom. The van der Waals surface area contributed by atoms with E-state index in [9.17, 15) is 4.79 Å². The smallest absolute Gasteiger partial charge is 0.247 e. The summed E-state index contributed by atoms with van der Waals surface area (Å²) in [5.41, 5.74) is 7.73. The second-order valence-electron chi connectivity index (χ2n) is 5.52. The van der Waals surface area contributed by atoms with Gasteiger partial charge in [0, 0.05) is 11.3 Å². The minimum Gasteiger partial charge on any atom is -0.497 e. The maximum Gasteiger partial charge on any atom is 0.247 e. The summed E-state index contributed by atoms with van der Waals surface area (Å²) in [5.74, 6) is 1.44. The van der Waals surface area contributed by atoms with Gasteiger partial charge in [0.15, 0.2) is 0 Å². The summed E-state index contributed by atoms with van der Waals surface area (Å²) in [4.78, 5) is 13.9. The number of hydrogen-bond acceptors (Lipinski definition) is 4. The second kappa shape index (κ2) is 6.76. The summed E-state index contributed by atoms with van der Waals surface area (Å²) < 4.78 is 10.5. The third-order valence-electron chi connectivity index (χ3n) is 4.15. The Hall–Kier alpha value is -2.79. The van der Waals surface area contributed by atoms with Crippen LogP contribution in [0.15, 0.2) is 54.6 Å². The molecule has 2 aromatic rings. The van der Waals surface area contributed by atoms with Crippen molar-refractivity contribution in [1.29, 1.82) is 0 Å². The summed E-state index contributed by atoms with van der Waals surface area (Å²) in [6, 6.07) is 14.4. The first-order valence-electron chi connectivity index (χ1n) is 7.69. The Morgan fingerprint density at radius 1 is 1.04 bits per heavy atom. The SMILES string of the molecule is COc1ccc(N2C(=O)[C@H](N)[C@@H]2/C=C/c2ccccc2OC)cc1. The largest absolute Gasteiger partial charge is 0.497 e. The lowest BCUT2D eigenvalue weighted by molar-refractivity contribution is -0.125. The van der Waals surface area contributed by atoms with Gasteiger partial charge >= 0.3 is 0 Å². The van der Waals surface area contributed by atoms with Crippen LogP contribution in [0.5, 0.6) is 11.5 Å². The van der Waals surface area contributed by atoms with Crippen LogP contribution in [-0.4, -0.2) is 32.2 Å². The van der Waals surface area contributed by atoms with Crippen LogP contribution < -0.4 is 20.1 Å². The minimum atomic E-state index is -0.530. The molecule has 1 amide bonds. The molecule has 1 aliphatic heterocycles. The number of carbonyl (C=O) groups excluding carboxylic acids is 1. The van der Waals surface area contributed by atoms with Crippen molar-refractivity contribution in [2.45, 2.75) is 12.1 Å². The third kappa shape index (κ3) is 2.86. The monoisotopic (exact) mass is 324 g/mol. The maximum absolute atomic E-state index is 12.2. The lowest BCUT2D eigenvalue weighted by Crippen LogP contribution is -2.68. The third-order valence-corrected chi connectivity index (χ3v) is 4.15. The minimum absolute atomic E-state index is 0.0881. The number of nitrogens with zero attached hydrogens (tertiary/aromatic N) is 1. The molecule has 0 aromatic heterocycles. The average Bonchev–Trinajstić information content (AvgIpc) is 2.64. The molecule has 5 heteroatoms. The van der Waals surface area contributed by atoms with E-state index in [2.05, 4.69) is 0 Å².